The smallest absolute Gasteiger partial charge is 0.244 e. The Labute approximate surface area is 140 Å². The molecular weight excluding hydrogens is 347 g/mol. The third-order valence-corrected chi connectivity index (χ3v) is 6.58. The van der Waals surface area contributed by atoms with Crippen molar-refractivity contribution in [2.24, 2.45) is 5.41 Å². The average Bonchev–Trinajstić information content (AvgIpc) is 2.49. The number of hydrogen-bond acceptors (Lipinski definition) is 4. The highest BCUT2D eigenvalue weighted by Crippen LogP contribution is 2.37. The Hall–Kier alpha value is -1.00. The van der Waals surface area contributed by atoms with Crippen LogP contribution in [-0.2, 0) is 10.0 Å². The molecule has 0 unspecified atom stereocenters. The zero-order valence-corrected chi connectivity index (χ0v) is 14.6. The lowest BCUT2D eigenvalue weighted by Gasteiger charge is -2.34. The summed E-state index contributed by atoms with van der Waals surface area (Å²) in [5, 5.41) is 9.37. The van der Waals surface area contributed by atoms with Gasteiger partial charge in [-0.1, -0.05) is 23.2 Å². The first-order chi connectivity index (χ1) is 10.2. The van der Waals surface area contributed by atoms with Crippen LogP contribution in [0.3, 0.4) is 0 Å². The first-order valence-corrected chi connectivity index (χ1v) is 8.87. The van der Waals surface area contributed by atoms with Crippen molar-refractivity contribution in [3.63, 3.8) is 0 Å². The van der Waals surface area contributed by atoms with E-state index in [-0.39, 0.29) is 28.0 Å². The number of piperidine rings is 1. The van der Waals surface area contributed by atoms with Gasteiger partial charge in [-0.25, -0.2) is 8.42 Å². The second-order valence-corrected chi connectivity index (χ2v) is 8.21. The first kappa shape index (κ1) is 17.4. The van der Waals surface area contributed by atoms with Crippen LogP contribution in [0.1, 0.15) is 19.8 Å². The van der Waals surface area contributed by atoms with Gasteiger partial charge in [-0.3, -0.25) is 0 Å². The molecule has 1 aliphatic heterocycles. The first-order valence-electron chi connectivity index (χ1n) is 6.68. The van der Waals surface area contributed by atoms with Crippen LogP contribution in [0.15, 0.2) is 17.0 Å². The third-order valence-electron chi connectivity index (χ3n) is 3.92. The Morgan fingerprint density at radius 2 is 1.86 bits per heavy atom. The van der Waals surface area contributed by atoms with Crippen molar-refractivity contribution in [1.29, 1.82) is 5.26 Å². The summed E-state index contributed by atoms with van der Waals surface area (Å²) in [7, 11) is -2.32. The van der Waals surface area contributed by atoms with Crippen molar-refractivity contribution in [2.75, 3.05) is 20.2 Å². The van der Waals surface area contributed by atoms with Gasteiger partial charge in [0.05, 0.1) is 28.6 Å². The van der Waals surface area contributed by atoms with E-state index in [0.717, 1.165) is 0 Å². The van der Waals surface area contributed by atoms with E-state index in [2.05, 4.69) is 6.07 Å². The molecule has 1 heterocycles. The molecule has 22 heavy (non-hydrogen) atoms. The summed E-state index contributed by atoms with van der Waals surface area (Å²) >= 11 is 12.1. The SMILES string of the molecule is COc1cc(Cl)c(S(=O)(=O)N2CCC(C)(C#N)CC2)cc1Cl. The predicted octanol–water partition coefficient (Wildman–Crippen LogP) is 3.32. The molecule has 0 saturated carbocycles. The summed E-state index contributed by atoms with van der Waals surface area (Å²) < 4.78 is 31.8. The van der Waals surface area contributed by atoms with Crippen molar-refractivity contribution >= 4 is 33.2 Å². The Kier molecular flexibility index (Phi) is 4.93. The number of halogens is 2. The molecule has 120 valence electrons. The van der Waals surface area contributed by atoms with Crippen LogP contribution in [0.4, 0.5) is 0 Å². The second-order valence-electron chi connectivity index (χ2n) is 5.49. The minimum atomic E-state index is -3.75. The lowest BCUT2D eigenvalue weighted by Crippen LogP contribution is -2.41. The number of methoxy groups -OCH3 is 1. The molecule has 1 aromatic rings. The third kappa shape index (κ3) is 3.18. The van der Waals surface area contributed by atoms with Crippen LogP contribution in [0.25, 0.3) is 0 Å². The standard InChI is InChI=1S/C14H16Cl2N2O3S/c1-14(9-17)3-5-18(6-4-14)22(19,20)13-8-10(15)12(21-2)7-11(13)16/h7-8H,3-6H2,1-2H3. The fourth-order valence-electron chi connectivity index (χ4n) is 2.34. The Bertz CT molecular complexity index is 720. The molecule has 1 fully saturated rings. The normalized spacial score (nSPS) is 18.7. The van der Waals surface area contributed by atoms with E-state index in [0.29, 0.717) is 18.6 Å². The Morgan fingerprint density at radius 1 is 1.27 bits per heavy atom. The highest BCUT2D eigenvalue weighted by atomic mass is 35.5. The van der Waals surface area contributed by atoms with E-state index in [9.17, 15) is 8.42 Å². The number of benzene rings is 1. The minimum absolute atomic E-state index is 0.0412. The van der Waals surface area contributed by atoms with Crippen molar-refractivity contribution in [3.8, 4) is 11.8 Å². The number of nitriles is 1. The average molecular weight is 363 g/mol. The fourth-order valence-corrected chi connectivity index (χ4v) is 4.60. The van der Waals surface area contributed by atoms with Gasteiger partial charge in [0.25, 0.3) is 0 Å². The zero-order valence-electron chi connectivity index (χ0n) is 12.3. The molecule has 0 aliphatic carbocycles. The Balaban J connectivity index is 2.33. The molecule has 0 bridgehead atoms. The van der Waals surface area contributed by atoms with Crippen molar-refractivity contribution in [1.82, 2.24) is 4.31 Å². The van der Waals surface area contributed by atoms with Crippen LogP contribution in [0.2, 0.25) is 10.0 Å². The van der Waals surface area contributed by atoms with Gasteiger partial charge in [0, 0.05) is 19.2 Å². The molecule has 0 N–H and O–H groups in total. The van der Waals surface area contributed by atoms with Gasteiger partial charge >= 0.3 is 0 Å². The molecule has 1 aliphatic rings. The molecule has 1 aromatic carbocycles. The maximum atomic E-state index is 12.7. The molecule has 0 radical (unpaired) electrons. The van der Waals surface area contributed by atoms with E-state index in [1.54, 1.807) is 0 Å². The lowest BCUT2D eigenvalue weighted by molar-refractivity contribution is 0.232. The molecule has 0 aromatic heterocycles. The highest BCUT2D eigenvalue weighted by Gasteiger charge is 2.36. The van der Waals surface area contributed by atoms with E-state index >= 15 is 0 Å². The van der Waals surface area contributed by atoms with Gasteiger partial charge in [0.15, 0.2) is 0 Å². The van der Waals surface area contributed by atoms with Crippen molar-refractivity contribution in [2.45, 2.75) is 24.7 Å². The van der Waals surface area contributed by atoms with Crippen LogP contribution in [-0.4, -0.2) is 32.9 Å². The van der Waals surface area contributed by atoms with Gasteiger partial charge < -0.3 is 4.74 Å². The maximum Gasteiger partial charge on any atom is 0.244 e. The molecule has 0 spiro atoms. The van der Waals surface area contributed by atoms with Gasteiger partial charge in [-0.2, -0.15) is 9.57 Å². The van der Waals surface area contributed by atoms with Gasteiger partial charge in [-0.05, 0) is 25.8 Å². The molecule has 0 amide bonds. The number of hydrogen-bond donors (Lipinski definition) is 0. The summed E-state index contributed by atoms with van der Waals surface area (Å²) in [4.78, 5) is -0.0412. The van der Waals surface area contributed by atoms with Gasteiger partial charge in [0.1, 0.15) is 10.6 Å². The van der Waals surface area contributed by atoms with E-state index in [1.807, 2.05) is 6.92 Å². The monoisotopic (exact) mass is 362 g/mol. The van der Waals surface area contributed by atoms with Crippen molar-refractivity contribution < 1.29 is 13.2 Å². The second kappa shape index (κ2) is 6.25. The highest BCUT2D eigenvalue weighted by molar-refractivity contribution is 7.89. The number of nitrogens with zero attached hydrogens (tertiary/aromatic N) is 2. The molecule has 2 rings (SSSR count). The molecule has 0 atom stereocenters. The van der Waals surface area contributed by atoms with E-state index < -0.39 is 15.4 Å². The lowest BCUT2D eigenvalue weighted by atomic mass is 9.83. The number of rotatable bonds is 3. The van der Waals surface area contributed by atoms with E-state index in [1.165, 1.54) is 23.5 Å². The number of ether oxygens (including phenoxy) is 1. The maximum absolute atomic E-state index is 12.7. The fraction of sp³-hybridized carbons (Fsp3) is 0.500. The van der Waals surface area contributed by atoms with Crippen molar-refractivity contribution in [3.05, 3.63) is 22.2 Å². The Morgan fingerprint density at radius 3 is 2.36 bits per heavy atom. The quantitative estimate of drug-likeness (QED) is 0.826. The van der Waals surface area contributed by atoms with Crippen LogP contribution in [0.5, 0.6) is 5.75 Å². The molecule has 1 saturated heterocycles. The summed E-state index contributed by atoms with van der Waals surface area (Å²) in [6.07, 6.45) is 0.981. The topological polar surface area (TPSA) is 70.4 Å². The van der Waals surface area contributed by atoms with Crippen LogP contribution < -0.4 is 4.74 Å². The summed E-state index contributed by atoms with van der Waals surface area (Å²) in [5.41, 5.74) is -0.479. The minimum Gasteiger partial charge on any atom is -0.495 e. The molecule has 5 nitrogen and oxygen atoms in total. The van der Waals surface area contributed by atoms with E-state index in [4.69, 9.17) is 33.2 Å². The zero-order chi connectivity index (χ0) is 16.5. The summed E-state index contributed by atoms with van der Waals surface area (Å²) in [5.74, 6) is 0.321. The molecular formula is C14H16Cl2N2O3S. The summed E-state index contributed by atoms with van der Waals surface area (Å²) in [6.45, 7) is 2.41. The predicted molar refractivity (Wildman–Crippen MR) is 84.7 cm³/mol. The van der Waals surface area contributed by atoms with Crippen LogP contribution in [0, 0.1) is 16.7 Å². The largest absolute Gasteiger partial charge is 0.495 e. The molecule has 8 heteroatoms. The van der Waals surface area contributed by atoms with Gasteiger partial charge in [0.2, 0.25) is 10.0 Å². The van der Waals surface area contributed by atoms with Crippen LogP contribution >= 0.6 is 23.2 Å². The number of sulfonamides is 1. The summed E-state index contributed by atoms with van der Waals surface area (Å²) in [6, 6.07) is 4.93. The van der Waals surface area contributed by atoms with Gasteiger partial charge in [-0.15, -0.1) is 0 Å².